The van der Waals surface area contributed by atoms with E-state index in [9.17, 15) is 0 Å². The quantitative estimate of drug-likeness (QED) is 0.788. The molecule has 134 valence electrons. The van der Waals surface area contributed by atoms with E-state index in [0.29, 0.717) is 0 Å². The molecule has 24 heavy (non-hydrogen) atoms. The van der Waals surface area contributed by atoms with E-state index < -0.39 is 0 Å². The van der Waals surface area contributed by atoms with Gasteiger partial charge in [-0.25, -0.2) is 9.97 Å². The zero-order chi connectivity index (χ0) is 17.6. The summed E-state index contributed by atoms with van der Waals surface area (Å²) in [5, 5.41) is 0. The maximum Gasteiger partial charge on any atom is 0.171 e. The van der Waals surface area contributed by atoms with Gasteiger partial charge in [0.15, 0.2) is 5.79 Å². The highest BCUT2D eigenvalue weighted by Crippen LogP contribution is 2.34. The molecule has 0 N–H and O–H groups in total. The molecule has 0 atom stereocenters. The Morgan fingerprint density at radius 1 is 0.917 bits per heavy atom. The maximum absolute atomic E-state index is 5.84. The number of hydrogen-bond acceptors (Lipinski definition) is 5. The Morgan fingerprint density at radius 2 is 1.50 bits per heavy atom. The van der Waals surface area contributed by atoms with Gasteiger partial charge in [-0.15, -0.1) is 0 Å². The molecule has 1 aromatic rings. The lowest BCUT2D eigenvalue weighted by Gasteiger charge is -2.38. The number of rotatable bonds is 1. The van der Waals surface area contributed by atoms with Crippen LogP contribution in [0.2, 0.25) is 0 Å². The molecule has 2 fully saturated rings. The molecule has 3 rings (SSSR count). The fourth-order valence-corrected chi connectivity index (χ4v) is 3.18. The van der Waals surface area contributed by atoms with Gasteiger partial charge in [0.25, 0.3) is 0 Å². The van der Waals surface area contributed by atoms with Crippen LogP contribution < -0.4 is 4.90 Å². The van der Waals surface area contributed by atoms with Crippen LogP contribution in [0.4, 0.5) is 5.82 Å². The van der Waals surface area contributed by atoms with Crippen LogP contribution in [0, 0.1) is 0 Å². The van der Waals surface area contributed by atoms with Crippen molar-refractivity contribution in [3.8, 4) is 0 Å². The third-order valence-corrected chi connectivity index (χ3v) is 4.81. The first-order chi connectivity index (χ1) is 11.1. The second-order valence-electron chi connectivity index (χ2n) is 9.03. The van der Waals surface area contributed by atoms with E-state index in [-0.39, 0.29) is 16.6 Å². The fraction of sp³-hybridized carbons (Fsp3) is 0.789. The molecular weight excluding hydrogens is 302 g/mol. The van der Waals surface area contributed by atoms with Gasteiger partial charge in [-0.3, -0.25) is 0 Å². The van der Waals surface area contributed by atoms with Crippen molar-refractivity contribution in [3.05, 3.63) is 17.6 Å². The zero-order valence-electron chi connectivity index (χ0n) is 16.0. The monoisotopic (exact) mass is 333 g/mol. The standard InChI is InChI=1S/C19H31N3O2/c1-17(2,3)14-13-15(21-16(20-14)18(4,5)6)22-9-7-19(8-10-22)23-11-12-24-19/h13H,7-12H2,1-6H3. The average Bonchev–Trinajstić information content (AvgIpc) is 2.94. The van der Waals surface area contributed by atoms with Crippen LogP contribution in [0.3, 0.4) is 0 Å². The highest BCUT2D eigenvalue weighted by atomic mass is 16.7. The summed E-state index contributed by atoms with van der Waals surface area (Å²) in [5.74, 6) is 1.61. The number of hydrogen-bond donors (Lipinski definition) is 0. The van der Waals surface area contributed by atoms with Crippen molar-refractivity contribution in [2.75, 3.05) is 31.2 Å². The van der Waals surface area contributed by atoms with Gasteiger partial charge in [-0.2, -0.15) is 0 Å². The summed E-state index contributed by atoms with van der Waals surface area (Å²) in [6.45, 7) is 16.4. The van der Waals surface area contributed by atoms with E-state index in [2.05, 4.69) is 52.5 Å². The van der Waals surface area contributed by atoms with E-state index in [1.807, 2.05) is 0 Å². The SMILES string of the molecule is CC(C)(C)c1cc(N2CCC3(CC2)OCCO3)nc(C(C)(C)C)n1. The van der Waals surface area contributed by atoms with E-state index in [0.717, 1.165) is 56.5 Å². The molecule has 2 saturated heterocycles. The molecule has 0 unspecified atom stereocenters. The normalized spacial score (nSPS) is 21.5. The minimum absolute atomic E-state index is 0.00632. The van der Waals surface area contributed by atoms with E-state index >= 15 is 0 Å². The van der Waals surface area contributed by atoms with Crippen molar-refractivity contribution in [2.45, 2.75) is 71.0 Å². The van der Waals surface area contributed by atoms with Gasteiger partial charge in [0.05, 0.1) is 18.9 Å². The molecule has 0 saturated carbocycles. The molecule has 0 aliphatic carbocycles. The van der Waals surface area contributed by atoms with Crippen molar-refractivity contribution < 1.29 is 9.47 Å². The Hall–Kier alpha value is -1.20. The summed E-state index contributed by atoms with van der Waals surface area (Å²) >= 11 is 0. The summed E-state index contributed by atoms with van der Waals surface area (Å²) in [4.78, 5) is 12.1. The van der Waals surface area contributed by atoms with Crippen LogP contribution in [-0.2, 0) is 20.3 Å². The lowest BCUT2D eigenvalue weighted by molar-refractivity contribution is -0.169. The number of anilines is 1. The molecule has 0 aromatic carbocycles. The second-order valence-corrected chi connectivity index (χ2v) is 9.03. The van der Waals surface area contributed by atoms with Crippen molar-refractivity contribution in [3.63, 3.8) is 0 Å². The molecule has 3 heterocycles. The van der Waals surface area contributed by atoms with Crippen molar-refractivity contribution in [1.82, 2.24) is 9.97 Å². The van der Waals surface area contributed by atoms with Gasteiger partial charge < -0.3 is 14.4 Å². The molecule has 0 amide bonds. The third-order valence-electron chi connectivity index (χ3n) is 4.81. The Balaban J connectivity index is 1.87. The zero-order valence-corrected chi connectivity index (χ0v) is 16.0. The molecule has 0 bridgehead atoms. The van der Waals surface area contributed by atoms with Crippen LogP contribution in [0.15, 0.2) is 6.07 Å². The Morgan fingerprint density at radius 3 is 2.00 bits per heavy atom. The van der Waals surface area contributed by atoms with E-state index in [4.69, 9.17) is 19.4 Å². The van der Waals surface area contributed by atoms with Crippen LogP contribution in [0.1, 0.15) is 65.9 Å². The molecule has 5 heteroatoms. The Kier molecular flexibility index (Phi) is 4.37. The number of piperidine rings is 1. The predicted molar refractivity (Wildman–Crippen MR) is 95.5 cm³/mol. The minimum atomic E-state index is -0.344. The second kappa shape index (κ2) is 5.95. The van der Waals surface area contributed by atoms with Gasteiger partial charge in [0, 0.05) is 42.8 Å². The molecule has 5 nitrogen and oxygen atoms in total. The van der Waals surface area contributed by atoms with Gasteiger partial charge in [-0.1, -0.05) is 41.5 Å². The van der Waals surface area contributed by atoms with E-state index in [1.54, 1.807) is 0 Å². The Labute approximate surface area is 145 Å². The van der Waals surface area contributed by atoms with Crippen LogP contribution >= 0.6 is 0 Å². The molecule has 1 spiro atoms. The predicted octanol–water partition coefficient (Wildman–Crippen LogP) is 3.41. The topological polar surface area (TPSA) is 47.5 Å². The molecule has 0 radical (unpaired) electrons. The molecule has 2 aliphatic rings. The molecule has 2 aliphatic heterocycles. The first-order valence-electron chi connectivity index (χ1n) is 9.02. The number of nitrogens with zero attached hydrogens (tertiary/aromatic N) is 3. The van der Waals surface area contributed by atoms with Gasteiger partial charge in [-0.05, 0) is 0 Å². The van der Waals surface area contributed by atoms with Crippen LogP contribution in [0.5, 0.6) is 0 Å². The lowest BCUT2D eigenvalue weighted by Crippen LogP contribution is -2.45. The summed E-state index contributed by atoms with van der Waals surface area (Å²) in [7, 11) is 0. The number of aromatic nitrogens is 2. The molecular formula is C19H31N3O2. The highest BCUT2D eigenvalue weighted by molar-refractivity contribution is 5.42. The highest BCUT2D eigenvalue weighted by Gasteiger charge is 2.40. The van der Waals surface area contributed by atoms with Crippen molar-refractivity contribution in [2.24, 2.45) is 0 Å². The molecule has 1 aromatic heterocycles. The lowest BCUT2D eigenvalue weighted by atomic mass is 9.90. The van der Waals surface area contributed by atoms with Gasteiger partial charge in [0.1, 0.15) is 11.6 Å². The summed E-state index contributed by atoms with van der Waals surface area (Å²) in [6, 6.07) is 2.16. The summed E-state index contributed by atoms with van der Waals surface area (Å²) < 4.78 is 11.7. The first-order valence-corrected chi connectivity index (χ1v) is 9.02. The third kappa shape index (κ3) is 3.57. The van der Waals surface area contributed by atoms with Gasteiger partial charge in [0.2, 0.25) is 0 Å². The van der Waals surface area contributed by atoms with Crippen molar-refractivity contribution in [1.29, 1.82) is 0 Å². The average molecular weight is 333 g/mol. The Bertz CT molecular complexity index is 553. The van der Waals surface area contributed by atoms with Crippen LogP contribution in [0.25, 0.3) is 0 Å². The van der Waals surface area contributed by atoms with Gasteiger partial charge >= 0.3 is 0 Å². The minimum Gasteiger partial charge on any atom is -0.356 e. The fourth-order valence-electron chi connectivity index (χ4n) is 3.18. The summed E-state index contributed by atoms with van der Waals surface area (Å²) in [6.07, 6.45) is 1.79. The summed E-state index contributed by atoms with van der Waals surface area (Å²) in [5.41, 5.74) is 1.04. The maximum atomic E-state index is 5.84. The number of ether oxygens (including phenoxy) is 2. The first kappa shape index (κ1) is 17.6. The van der Waals surface area contributed by atoms with Crippen LogP contribution in [-0.4, -0.2) is 42.1 Å². The smallest absolute Gasteiger partial charge is 0.171 e. The largest absolute Gasteiger partial charge is 0.356 e. The van der Waals surface area contributed by atoms with Crippen molar-refractivity contribution >= 4 is 5.82 Å². The van der Waals surface area contributed by atoms with E-state index in [1.165, 1.54) is 0 Å².